The number of allylic oxidation sites excluding steroid dienone is 1. The van der Waals surface area contributed by atoms with Crippen molar-refractivity contribution in [3.8, 4) is 6.07 Å². The summed E-state index contributed by atoms with van der Waals surface area (Å²) >= 11 is 0. The zero-order chi connectivity index (χ0) is 29.1. The monoisotopic (exact) mass is 544 g/mol. The molecule has 5 N–H and O–H groups in total. The van der Waals surface area contributed by atoms with Crippen LogP contribution in [-0.2, 0) is 15.7 Å². The SMILES string of the molecule is COC(=O)C1=C(C)N(c2cccc(C(F)(F)F)c2)C(=N)N(C(N)=O)[C@@H]1c1ccc(C#N)cc1C(=O)NCCO. The number of hydrogen-bond acceptors (Lipinski definition) is 7. The highest BCUT2D eigenvalue weighted by Crippen LogP contribution is 2.42. The predicted molar refractivity (Wildman–Crippen MR) is 131 cm³/mol. The summed E-state index contributed by atoms with van der Waals surface area (Å²) in [5.74, 6) is -2.49. The van der Waals surface area contributed by atoms with Gasteiger partial charge in [-0.2, -0.15) is 18.4 Å². The van der Waals surface area contributed by atoms with Crippen LogP contribution in [0.25, 0.3) is 0 Å². The van der Waals surface area contributed by atoms with Gasteiger partial charge in [-0.05, 0) is 42.8 Å². The molecule has 0 aliphatic carbocycles. The number of alkyl halides is 3. The number of nitriles is 1. The molecular weight excluding hydrogens is 521 g/mol. The average molecular weight is 544 g/mol. The molecule has 0 unspecified atom stereocenters. The van der Waals surface area contributed by atoms with Crippen LogP contribution in [0.5, 0.6) is 0 Å². The third kappa shape index (κ3) is 5.53. The quantitative estimate of drug-likeness (QED) is 0.405. The summed E-state index contributed by atoms with van der Waals surface area (Å²) in [5.41, 5.74) is 3.86. The van der Waals surface area contributed by atoms with Crippen molar-refractivity contribution in [3.63, 3.8) is 0 Å². The molecule has 3 amide bonds. The first-order valence-electron chi connectivity index (χ1n) is 11.2. The Kier molecular flexibility index (Phi) is 8.26. The Hall–Kier alpha value is -4.90. The number of benzene rings is 2. The summed E-state index contributed by atoms with van der Waals surface area (Å²) in [7, 11) is 1.04. The third-order valence-electron chi connectivity index (χ3n) is 5.89. The second-order valence-electron chi connectivity index (χ2n) is 8.20. The van der Waals surface area contributed by atoms with Gasteiger partial charge in [-0.1, -0.05) is 12.1 Å². The number of methoxy groups -OCH3 is 1. The van der Waals surface area contributed by atoms with Crippen molar-refractivity contribution < 1.29 is 37.4 Å². The topological polar surface area (TPSA) is 173 Å². The van der Waals surface area contributed by atoms with Gasteiger partial charge in [0.2, 0.25) is 5.96 Å². The number of aliphatic hydroxyl groups excluding tert-OH is 1. The number of nitrogens with zero attached hydrogens (tertiary/aromatic N) is 3. The summed E-state index contributed by atoms with van der Waals surface area (Å²) in [6.45, 7) is 0.775. The number of urea groups is 1. The summed E-state index contributed by atoms with van der Waals surface area (Å²) in [6, 6.07) is 6.76. The molecule has 3 rings (SSSR count). The molecule has 0 aromatic heterocycles. The maximum Gasteiger partial charge on any atom is 0.416 e. The number of hydrogen-bond donors (Lipinski definition) is 4. The summed E-state index contributed by atoms with van der Waals surface area (Å²) in [5, 5.41) is 29.6. The number of amides is 3. The van der Waals surface area contributed by atoms with Crippen molar-refractivity contribution in [1.82, 2.24) is 10.2 Å². The zero-order valence-corrected chi connectivity index (χ0v) is 20.7. The fraction of sp³-hybridized carbons (Fsp3) is 0.240. The zero-order valence-electron chi connectivity index (χ0n) is 20.7. The van der Waals surface area contributed by atoms with Crippen molar-refractivity contribution in [2.45, 2.75) is 19.1 Å². The van der Waals surface area contributed by atoms with Gasteiger partial charge in [-0.15, -0.1) is 0 Å². The number of aliphatic hydroxyl groups is 1. The lowest BCUT2D eigenvalue weighted by molar-refractivity contribution is -0.138. The smallest absolute Gasteiger partial charge is 0.416 e. The van der Waals surface area contributed by atoms with Gasteiger partial charge in [0.25, 0.3) is 5.91 Å². The predicted octanol–water partition coefficient (Wildman–Crippen LogP) is 2.62. The Morgan fingerprint density at radius 2 is 1.92 bits per heavy atom. The van der Waals surface area contributed by atoms with Crippen LogP contribution in [0.15, 0.2) is 53.7 Å². The van der Waals surface area contributed by atoms with E-state index in [1.165, 1.54) is 31.2 Å². The Morgan fingerprint density at radius 3 is 2.49 bits per heavy atom. The van der Waals surface area contributed by atoms with Crippen LogP contribution in [0.2, 0.25) is 0 Å². The number of nitrogens with one attached hydrogen (secondary N) is 2. The van der Waals surface area contributed by atoms with E-state index in [0.29, 0.717) is 4.90 Å². The number of guanidine groups is 1. The van der Waals surface area contributed by atoms with E-state index in [4.69, 9.17) is 21.0 Å². The largest absolute Gasteiger partial charge is 0.466 e. The molecule has 1 aliphatic heterocycles. The van der Waals surface area contributed by atoms with Gasteiger partial charge in [0.1, 0.15) is 6.04 Å². The van der Waals surface area contributed by atoms with E-state index in [0.717, 1.165) is 30.2 Å². The van der Waals surface area contributed by atoms with Crippen molar-refractivity contribution in [1.29, 1.82) is 10.7 Å². The van der Waals surface area contributed by atoms with E-state index < -0.39 is 48.3 Å². The van der Waals surface area contributed by atoms with E-state index in [1.54, 1.807) is 0 Å². The van der Waals surface area contributed by atoms with Gasteiger partial charge in [-0.25, -0.2) is 9.59 Å². The summed E-state index contributed by atoms with van der Waals surface area (Å²) in [4.78, 5) is 40.4. The number of nitrogens with two attached hydrogens (primary N) is 1. The second kappa shape index (κ2) is 11.2. The van der Waals surface area contributed by atoms with E-state index in [1.807, 2.05) is 6.07 Å². The Morgan fingerprint density at radius 1 is 1.23 bits per heavy atom. The van der Waals surface area contributed by atoms with Crippen LogP contribution in [0.4, 0.5) is 23.7 Å². The van der Waals surface area contributed by atoms with Gasteiger partial charge < -0.3 is 20.9 Å². The van der Waals surface area contributed by atoms with Crippen molar-refractivity contribution in [2.24, 2.45) is 5.73 Å². The lowest BCUT2D eigenvalue weighted by atomic mass is 9.88. The van der Waals surface area contributed by atoms with Crippen LogP contribution in [0.1, 0.15) is 40.0 Å². The van der Waals surface area contributed by atoms with E-state index in [9.17, 15) is 32.8 Å². The molecule has 39 heavy (non-hydrogen) atoms. The number of carbonyl (C=O) groups is 3. The molecule has 204 valence electrons. The number of ether oxygens (including phenoxy) is 1. The van der Waals surface area contributed by atoms with E-state index >= 15 is 0 Å². The van der Waals surface area contributed by atoms with Crippen LogP contribution < -0.4 is 16.0 Å². The number of halogens is 3. The van der Waals surface area contributed by atoms with Gasteiger partial charge in [0, 0.05) is 23.5 Å². The standard InChI is InChI=1S/C25H23F3N6O5/c1-13-19(22(37)39-2)20(17-7-6-14(12-29)10-18(17)21(36)32-8-9-35)34(24(31)38)23(30)33(13)16-5-3-4-15(11-16)25(26,27)28/h3-7,10-11,20,30,35H,8-9H2,1-2H3,(H2,31,38)(H,32,36)/t20-/m1/s1. The first-order chi connectivity index (χ1) is 18.4. The molecule has 2 aromatic rings. The normalized spacial score (nSPS) is 15.6. The Balaban J connectivity index is 2.36. The van der Waals surface area contributed by atoms with Gasteiger partial charge in [-0.3, -0.25) is 20.0 Å². The summed E-state index contributed by atoms with van der Waals surface area (Å²) in [6.07, 6.45) is -4.72. The highest BCUT2D eigenvalue weighted by molar-refractivity contribution is 6.11. The molecule has 1 aliphatic rings. The molecule has 0 bridgehead atoms. The maximum absolute atomic E-state index is 13.4. The van der Waals surface area contributed by atoms with E-state index in [-0.39, 0.29) is 40.2 Å². The van der Waals surface area contributed by atoms with Crippen molar-refractivity contribution >= 4 is 29.6 Å². The first-order valence-corrected chi connectivity index (χ1v) is 11.2. The highest BCUT2D eigenvalue weighted by atomic mass is 19.4. The fourth-order valence-electron chi connectivity index (χ4n) is 4.19. The number of rotatable bonds is 6. The summed E-state index contributed by atoms with van der Waals surface area (Å²) < 4.78 is 45.2. The van der Waals surface area contributed by atoms with Crippen LogP contribution >= 0.6 is 0 Å². The average Bonchev–Trinajstić information content (AvgIpc) is 2.90. The van der Waals surface area contributed by atoms with Gasteiger partial charge >= 0.3 is 18.2 Å². The maximum atomic E-state index is 13.4. The molecule has 0 saturated carbocycles. The number of anilines is 1. The van der Waals surface area contributed by atoms with Crippen LogP contribution in [-0.4, -0.2) is 54.1 Å². The van der Waals surface area contributed by atoms with Crippen LogP contribution in [0, 0.1) is 16.7 Å². The molecule has 0 saturated heterocycles. The molecule has 1 heterocycles. The Bertz CT molecular complexity index is 1420. The third-order valence-corrected chi connectivity index (χ3v) is 5.89. The molecule has 0 radical (unpaired) electrons. The molecule has 0 spiro atoms. The van der Waals surface area contributed by atoms with Crippen molar-refractivity contribution in [2.75, 3.05) is 25.2 Å². The first kappa shape index (κ1) is 28.7. The number of carbonyl (C=O) groups excluding carboxylic acids is 3. The minimum Gasteiger partial charge on any atom is -0.466 e. The molecule has 2 aromatic carbocycles. The van der Waals surface area contributed by atoms with Gasteiger partial charge in [0.05, 0.1) is 36.5 Å². The second-order valence-corrected chi connectivity index (χ2v) is 8.20. The lowest BCUT2D eigenvalue weighted by Gasteiger charge is -2.43. The fourth-order valence-corrected chi connectivity index (χ4v) is 4.19. The molecule has 11 nitrogen and oxygen atoms in total. The lowest BCUT2D eigenvalue weighted by Crippen LogP contribution is -2.55. The molecular formula is C25H23F3N6O5. The number of esters is 1. The van der Waals surface area contributed by atoms with E-state index in [2.05, 4.69) is 5.32 Å². The van der Waals surface area contributed by atoms with Crippen molar-refractivity contribution in [3.05, 3.63) is 76.0 Å². The minimum atomic E-state index is -4.72. The van der Waals surface area contributed by atoms with Gasteiger partial charge in [0.15, 0.2) is 0 Å². The molecule has 1 atom stereocenters. The van der Waals surface area contributed by atoms with Crippen LogP contribution in [0.3, 0.4) is 0 Å². The minimum absolute atomic E-state index is 0.0311. The number of primary amides is 1. The molecule has 14 heteroatoms. The Labute approximate surface area is 220 Å². The highest BCUT2D eigenvalue weighted by Gasteiger charge is 2.45. The molecule has 0 fully saturated rings.